The van der Waals surface area contributed by atoms with Crippen molar-refractivity contribution in [2.45, 2.75) is 6.92 Å². The van der Waals surface area contributed by atoms with Gasteiger partial charge in [0.2, 0.25) is 0 Å². The third-order valence-electron chi connectivity index (χ3n) is 0.690. The van der Waals surface area contributed by atoms with E-state index in [2.05, 4.69) is 9.97 Å². The summed E-state index contributed by atoms with van der Waals surface area (Å²) in [5, 5.41) is 0. The van der Waals surface area contributed by atoms with Crippen molar-refractivity contribution in [3.63, 3.8) is 0 Å². The lowest BCUT2D eigenvalue weighted by molar-refractivity contribution is 1.13. The molecule has 0 atom stereocenters. The predicted molar refractivity (Wildman–Crippen MR) is 34.0 cm³/mol. The Morgan fingerprint density at radius 1 is 1.25 bits per heavy atom. The van der Waals surface area contributed by atoms with Gasteiger partial charge in [-0.15, -0.1) is 12.4 Å². The van der Waals surface area contributed by atoms with E-state index in [-0.39, 0.29) is 12.4 Å². The van der Waals surface area contributed by atoms with Crippen molar-refractivity contribution in [3.8, 4) is 0 Å². The largest absolute Gasteiger partial charge is 0.245 e. The van der Waals surface area contributed by atoms with Crippen molar-refractivity contribution in [2.75, 3.05) is 0 Å². The number of halogens is 1. The molecule has 3 heteroatoms. The van der Waals surface area contributed by atoms with Crippen LogP contribution in [0.15, 0.2) is 18.7 Å². The van der Waals surface area contributed by atoms with Gasteiger partial charge in [0.25, 0.3) is 0 Å². The van der Waals surface area contributed by atoms with E-state index in [0.29, 0.717) is 0 Å². The summed E-state index contributed by atoms with van der Waals surface area (Å²) in [4.78, 5) is 7.55. The molecule has 0 aromatic carbocycles. The van der Waals surface area contributed by atoms with Crippen molar-refractivity contribution in [2.24, 2.45) is 0 Å². The summed E-state index contributed by atoms with van der Waals surface area (Å²) >= 11 is 0. The van der Waals surface area contributed by atoms with Gasteiger partial charge in [0.1, 0.15) is 6.33 Å². The normalized spacial score (nSPS) is 7.62. The predicted octanol–water partition coefficient (Wildman–Crippen LogP) is 1.21. The molecule has 0 N–H and O–H groups in total. The zero-order valence-corrected chi connectivity index (χ0v) is 5.35. The minimum absolute atomic E-state index is 0. The Balaban J connectivity index is 0.000000490. The minimum Gasteiger partial charge on any atom is -0.245 e. The van der Waals surface area contributed by atoms with Crippen LogP contribution in [0.1, 0.15) is 5.56 Å². The first-order chi connectivity index (χ1) is 3.39. The molecule has 1 aromatic heterocycles. The SMILES string of the molecule is Cc1cncnc1.Cl. The Morgan fingerprint density at radius 2 is 1.75 bits per heavy atom. The molecular formula is C5H7ClN2. The molecule has 0 amide bonds. The molecule has 2 nitrogen and oxygen atoms in total. The molecule has 1 rings (SSSR count). The number of nitrogens with zero attached hydrogens (tertiary/aromatic N) is 2. The van der Waals surface area contributed by atoms with Crippen LogP contribution in [0.5, 0.6) is 0 Å². The van der Waals surface area contributed by atoms with Gasteiger partial charge in [0, 0.05) is 12.4 Å². The average Bonchev–Trinajstić information content (AvgIpc) is 1.69. The Morgan fingerprint density at radius 3 is 2.00 bits per heavy atom. The maximum atomic E-state index is 3.77. The topological polar surface area (TPSA) is 25.8 Å². The first-order valence-corrected chi connectivity index (χ1v) is 2.11. The van der Waals surface area contributed by atoms with E-state index in [0.717, 1.165) is 5.56 Å². The van der Waals surface area contributed by atoms with Gasteiger partial charge in [-0.1, -0.05) is 0 Å². The Hall–Kier alpha value is -0.630. The monoisotopic (exact) mass is 130 g/mol. The van der Waals surface area contributed by atoms with Crippen LogP contribution in [0, 0.1) is 6.92 Å². The van der Waals surface area contributed by atoms with Crippen molar-refractivity contribution in [3.05, 3.63) is 24.3 Å². The Labute approximate surface area is 54.4 Å². The molecule has 1 aromatic rings. The van der Waals surface area contributed by atoms with Crippen molar-refractivity contribution < 1.29 is 0 Å². The summed E-state index contributed by atoms with van der Waals surface area (Å²) in [5.41, 5.74) is 1.10. The minimum atomic E-state index is 0. The molecule has 0 radical (unpaired) electrons. The van der Waals surface area contributed by atoms with Crippen LogP contribution in [-0.2, 0) is 0 Å². The molecular weight excluding hydrogens is 124 g/mol. The van der Waals surface area contributed by atoms with E-state index < -0.39 is 0 Å². The van der Waals surface area contributed by atoms with Crippen LogP contribution in [0.3, 0.4) is 0 Å². The van der Waals surface area contributed by atoms with Gasteiger partial charge >= 0.3 is 0 Å². The van der Waals surface area contributed by atoms with E-state index in [1.54, 1.807) is 12.4 Å². The number of hydrogen-bond donors (Lipinski definition) is 0. The van der Waals surface area contributed by atoms with E-state index in [1.165, 1.54) is 6.33 Å². The summed E-state index contributed by atoms with van der Waals surface area (Å²) in [6.45, 7) is 1.96. The third-order valence-corrected chi connectivity index (χ3v) is 0.690. The number of aryl methyl sites for hydroxylation is 1. The van der Waals surface area contributed by atoms with Crippen LogP contribution in [-0.4, -0.2) is 9.97 Å². The van der Waals surface area contributed by atoms with Crippen molar-refractivity contribution in [1.29, 1.82) is 0 Å². The maximum absolute atomic E-state index is 3.77. The van der Waals surface area contributed by atoms with E-state index >= 15 is 0 Å². The lowest BCUT2D eigenvalue weighted by atomic mass is 10.4. The lowest BCUT2D eigenvalue weighted by Gasteiger charge is -1.81. The summed E-state index contributed by atoms with van der Waals surface area (Å²) < 4.78 is 0. The standard InChI is InChI=1S/C5H6N2.ClH/c1-5-2-6-4-7-3-5;/h2-4H,1H3;1H. The fraction of sp³-hybridized carbons (Fsp3) is 0.200. The first-order valence-electron chi connectivity index (χ1n) is 2.11. The highest BCUT2D eigenvalue weighted by Crippen LogP contribution is 1.84. The highest BCUT2D eigenvalue weighted by molar-refractivity contribution is 5.85. The molecule has 0 fully saturated rings. The molecule has 44 valence electrons. The second-order valence-electron chi connectivity index (χ2n) is 1.42. The van der Waals surface area contributed by atoms with Crippen LogP contribution >= 0.6 is 12.4 Å². The Kier molecular flexibility index (Phi) is 3.12. The molecule has 0 saturated carbocycles. The quantitative estimate of drug-likeness (QED) is 0.528. The molecule has 0 spiro atoms. The summed E-state index contributed by atoms with van der Waals surface area (Å²) in [6.07, 6.45) is 5.06. The van der Waals surface area contributed by atoms with Gasteiger partial charge in [0.15, 0.2) is 0 Å². The molecule has 0 aliphatic rings. The molecule has 0 unspecified atom stereocenters. The maximum Gasteiger partial charge on any atom is 0.115 e. The van der Waals surface area contributed by atoms with Crippen LogP contribution in [0.25, 0.3) is 0 Å². The Bertz CT molecular complexity index is 140. The second-order valence-corrected chi connectivity index (χ2v) is 1.42. The van der Waals surface area contributed by atoms with Crippen molar-refractivity contribution in [1.82, 2.24) is 9.97 Å². The smallest absolute Gasteiger partial charge is 0.115 e. The van der Waals surface area contributed by atoms with Gasteiger partial charge < -0.3 is 0 Å². The molecule has 0 aliphatic heterocycles. The van der Waals surface area contributed by atoms with Gasteiger partial charge in [0.05, 0.1) is 0 Å². The fourth-order valence-electron chi connectivity index (χ4n) is 0.374. The molecule has 0 aliphatic carbocycles. The first kappa shape index (κ1) is 7.37. The number of hydrogen-bond acceptors (Lipinski definition) is 2. The lowest BCUT2D eigenvalue weighted by Crippen LogP contribution is -1.75. The highest BCUT2D eigenvalue weighted by Gasteiger charge is 1.74. The van der Waals surface area contributed by atoms with E-state index in [4.69, 9.17) is 0 Å². The number of aromatic nitrogens is 2. The van der Waals surface area contributed by atoms with Crippen molar-refractivity contribution >= 4 is 12.4 Å². The number of rotatable bonds is 0. The second kappa shape index (κ2) is 3.38. The van der Waals surface area contributed by atoms with Gasteiger partial charge in [-0.05, 0) is 12.5 Å². The van der Waals surface area contributed by atoms with E-state index in [9.17, 15) is 0 Å². The van der Waals surface area contributed by atoms with Crippen LogP contribution in [0.2, 0.25) is 0 Å². The molecule has 0 saturated heterocycles. The molecule has 8 heavy (non-hydrogen) atoms. The fourth-order valence-corrected chi connectivity index (χ4v) is 0.374. The average molecular weight is 131 g/mol. The van der Waals surface area contributed by atoms with Crippen LogP contribution < -0.4 is 0 Å². The van der Waals surface area contributed by atoms with Gasteiger partial charge in [-0.25, -0.2) is 9.97 Å². The summed E-state index contributed by atoms with van der Waals surface area (Å²) in [5.74, 6) is 0. The zero-order chi connectivity index (χ0) is 5.11. The third kappa shape index (κ3) is 1.89. The van der Waals surface area contributed by atoms with Gasteiger partial charge in [-0.2, -0.15) is 0 Å². The zero-order valence-electron chi connectivity index (χ0n) is 4.53. The molecule has 0 bridgehead atoms. The summed E-state index contributed by atoms with van der Waals surface area (Å²) in [7, 11) is 0. The highest BCUT2D eigenvalue weighted by atomic mass is 35.5. The molecule has 1 heterocycles. The van der Waals surface area contributed by atoms with Gasteiger partial charge in [-0.3, -0.25) is 0 Å². The summed E-state index contributed by atoms with van der Waals surface area (Å²) in [6, 6.07) is 0. The van der Waals surface area contributed by atoms with E-state index in [1.807, 2.05) is 6.92 Å². The van der Waals surface area contributed by atoms with Crippen LogP contribution in [0.4, 0.5) is 0 Å².